The van der Waals surface area contributed by atoms with Gasteiger partial charge in [-0.3, -0.25) is 0 Å². The zero-order valence-electron chi connectivity index (χ0n) is 13.0. The molecule has 0 spiro atoms. The lowest BCUT2D eigenvalue weighted by molar-refractivity contribution is 0.00578. The zero-order valence-corrected chi connectivity index (χ0v) is 13.0. The van der Waals surface area contributed by atoms with Crippen molar-refractivity contribution in [3.05, 3.63) is 23.3 Å². The fraction of sp³-hybridized carbons (Fsp3) is 0.600. The monoisotopic (exact) mass is 262 g/mol. The van der Waals surface area contributed by atoms with E-state index in [0.717, 1.165) is 11.2 Å². The molecular formula is C15H23BO3. The summed E-state index contributed by atoms with van der Waals surface area (Å²) in [5.41, 5.74) is 2.72. The predicted molar refractivity (Wildman–Crippen MR) is 78.2 cm³/mol. The minimum Gasteiger partial charge on any atom is -0.497 e. The van der Waals surface area contributed by atoms with Gasteiger partial charge in [0.25, 0.3) is 0 Å². The number of methoxy groups -OCH3 is 1. The van der Waals surface area contributed by atoms with Crippen molar-refractivity contribution in [2.45, 2.75) is 52.7 Å². The van der Waals surface area contributed by atoms with Gasteiger partial charge in [-0.15, -0.1) is 0 Å². The first kappa shape index (κ1) is 14.4. The van der Waals surface area contributed by atoms with Crippen molar-refractivity contribution in [3.63, 3.8) is 0 Å². The molecular weight excluding hydrogens is 239 g/mol. The molecule has 0 atom stereocenters. The summed E-state index contributed by atoms with van der Waals surface area (Å²) in [7, 11) is 1.30. The van der Waals surface area contributed by atoms with Gasteiger partial charge in [-0.25, -0.2) is 0 Å². The summed E-state index contributed by atoms with van der Waals surface area (Å²) in [4.78, 5) is 0. The molecule has 4 heteroatoms. The second-order valence-corrected chi connectivity index (χ2v) is 6.27. The standard InChI is InChI=1S/C15H23BO3/c1-10-8-12(13(17-7)9-11(10)2)16-18-14(3,4)15(5,6)19-16/h8-9H,1-7H3. The predicted octanol–water partition coefficient (Wildman–Crippen LogP) is 2.61. The Balaban J connectivity index is 2.42. The number of hydrogen-bond acceptors (Lipinski definition) is 3. The molecule has 0 aromatic heterocycles. The van der Waals surface area contributed by atoms with E-state index in [1.54, 1.807) is 7.11 Å². The van der Waals surface area contributed by atoms with Crippen molar-refractivity contribution in [3.8, 4) is 5.75 Å². The van der Waals surface area contributed by atoms with Crippen LogP contribution in [-0.2, 0) is 9.31 Å². The van der Waals surface area contributed by atoms with E-state index in [-0.39, 0.29) is 18.3 Å². The fourth-order valence-electron chi connectivity index (χ4n) is 2.14. The molecule has 0 unspecified atom stereocenters. The smallest absolute Gasteiger partial charge is 0.497 e. The Hall–Kier alpha value is -0.995. The van der Waals surface area contributed by atoms with Crippen molar-refractivity contribution in [2.75, 3.05) is 7.11 Å². The summed E-state index contributed by atoms with van der Waals surface area (Å²) in [6.45, 7) is 12.4. The molecule has 0 saturated carbocycles. The van der Waals surface area contributed by atoms with Gasteiger partial charge in [-0.2, -0.15) is 0 Å². The molecule has 0 radical (unpaired) electrons. The molecule has 19 heavy (non-hydrogen) atoms. The van der Waals surface area contributed by atoms with Crippen molar-refractivity contribution >= 4 is 12.6 Å². The van der Waals surface area contributed by atoms with Gasteiger partial charge in [0, 0.05) is 5.46 Å². The quantitative estimate of drug-likeness (QED) is 0.767. The number of benzene rings is 1. The van der Waals surface area contributed by atoms with E-state index in [9.17, 15) is 0 Å². The minimum atomic E-state index is -0.376. The van der Waals surface area contributed by atoms with Crippen LogP contribution in [0.1, 0.15) is 38.8 Å². The van der Waals surface area contributed by atoms with E-state index in [0.29, 0.717) is 0 Å². The summed E-state index contributed by atoms with van der Waals surface area (Å²) in [6.07, 6.45) is 0. The van der Waals surface area contributed by atoms with E-state index < -0.39 is 0 Å². The Morgan fingerprint density at radius 3 is 1.89 bits per heavy atom. The van der Waals surface area contributed by atoms with E-state index in [1.165, 1.54) is 11.1 Å². The Bertz CT molecular complexity index is 478. The highest BCUT2D eigenvalue weighted by atomic mass is 16.7. The maximum absolute atomic E-state index is 6.09. The minimum absolute atomic E-state index is 0.332. The highest BCUT2D eigenvalue weighted by Gasteiger charge is 2.52. The van der Waals surface area contributed by atoms with Gasteiger partial charge in [-0.1, -0.05) is 6.07 Å². The SMILES string of the molecule is COc1cc(C)c(C)cc1B1OC(C)(C)C(C)(C)O1. The number of rotatable bonds is 2. The Labute approximate surface area is 116 Å². The average Bonchev–Trinajstić information content (AvgIpc) is 2.51. The van der Waals surface area contributed by atoms with E-state index >= 15 is 0 Å². The Morgan fingerprint density at radius 2 is 1.42 bits per heavy atom. The van der Waals surface area contributed by atoms with Gasteiger partial charge in [0.15, 0.2) is 0 Å². The third kappa shape index (κ3) is 2.39. The molecule has 1 fully saturated rings. The summed E-state index contributed by atoms with van der Waals surface area (Å²) in [5.74, 6) is 0.821. The van der Waals surface area contributed by atoms with Crippen LogP contribution in [0.15, 0.2) is 12.1 Å². The molecule has 104 valence electrons. The average molecular weight is 262 g/mol. The molecule has 1 aromatic carbocycles. The van der Waals surface area contributed by atoms with Crippen LogP contribution in [0.25, 0.3) is 0 Å². The Morgan fingerprint density at radius 1 is 0.947 bits per heavy atom. The molecule has 1 aliphatic rings. The molecule has 2 rings (SSSR count). The van der Waals surface area contributed by atoms with E-state index in [4.69, 9.17) is 14.0 Å². The normalized spacial score (nSPS) is 20.7. The van der Waals surface area contributed by atoms with Crippen molar-refractivity contribution in [1.29, 1.82) is 0 Å². The first-order chi connectivity index (χ1) is 8.68. The molecule has 0 amide bonds. The highest BCUT2D eigenvalue weighted by molar-refractivity contribution is 6.63. The van der Waals surface area contributed by atoms with Crippen molar-refractivity contribution < 1.29 is 14.0 Å². The zero-order chi connectivity index (χ0) is 14.4. The summed E-state index contributed by atoms with van der Waals surface area (Å²) in [6, 6.07) is 4.13. The Kier molecular flexibility index (Phi) is 3.44. The van der Waals surface area contributed by atoms with Crippen molar-refractivity contribution in [1.82, 2.24) is 0 Å². The maximum atomic E-state index is 6.09. The molecule has 0 N–H and O–H groups in total. The lowest BCUT2D eigenvalue weighted by Gasteiger charge is -2.32. The van der Waals surface area contributed by atoms with Gasteiger partial charge < -0.3 is 14.0 Å². The molecule has 1 aromatic rings. The second kappa shape index (κ2) is 4.53. The summed E-state index contributed by atoms with van der Waals surface area (Å²) in [5, 5.41) is 0. The van der Waals surface area contributed by atoms with Crippen LogP contribution in [0.3, 0.4) is 0 Å². The van der Waals surface area contributed by atoms with Crippen LogP contribution >= 0.6 is 0 Å². The third-order valence-electron chi connectivity index (χ3n) is 4.35. The highest BCUT2D eigenvalue weighted by Crippen LogP contribution is 2.37. The van der Waals surface area contributed by atoms with Crippen LogP contribution < -0.4 is 10.2 Å². The largest absolute Gasteiger partial charge is 0.498 e. The van der Waals surface area contributed by atoms with E-state index in [2.05, 4.69) is 47.6 Å². The lowest BCUT2D eigenvalue weighted by Crippen LogP contribution is -2.41. The molecule has 1 saturated heterocycles. The molecule has 0 bridgehead atoms. The molecule has 1 aliphatic heterocycles. The fourth-order valence-corrected chi connectivity index (χ4v) is 2.14. The topological polar surface area (TPSA) is 27.7 Å². The first-order valence-electron chi connectivity index (χ1n) is 6.69. The van der Waals surface area contributed by atoms with Crippen LogP contribution in [0.5, 0.6) is 5.75 Å². The van der Waals surface area contributed by atoms with Gasteiger partial charge >= 0.3 is 7.12 Å². The molecule has 1 heterocycles. The maximum Gasteiger partial charge on any atom is 0.498 e. The van der Waals surface area contributed by atoms with Crippen LogP contribution in [0.2, 0.25) is 0 Å². The number of aryl methyl sites for hydroxylation is 2. The van der Waals surface area contributed by atoms with Crippen LogP contribution in [0.4, 0.5) is 0 Å². The van der Waals surface area contributed by atoms with Gasteiger partial charge in [0.05, 0.1) is 18.3 Å². The van der Waals surface area contributed by atoms with Crippen LogP contribution in [-0.4, -0.2) is 25.4 Å². The third-order valence-corrected chi connectivity index (χ3v) is 4.35. The summed E-state index contributed by atoms with van der Waals surface area (Å²) >= 11 is 0. The second-order valence-electron chi connectivity index (χ2n) is 6.27. The molecule has 0 aliphatic carbocycles. The van der Waals surface area contributed by atoms with Gasteiger partial charge in [-0.05, 0) is 58.7 Å². The lowest BCUT2D eigenvalue weighted by atomic mass is 9.77. The number of ether oxygens (including phenoxy) is 1. The van der Waals surface area contributed by atoms with Crippen molar-refractivity contribution in [2.24, 2.45) is 0 Å². The van der Waals surface area contributed by atoms with Gasteiger partial charge in [0.1, 0.15) is 5.75 Å². The summed E-state index contributed by atoms with van der Waals surface area (Å²) < 4.78 is 17.6. The number of hydrogen-bond donors (Lipinski definition) is 0. The molecule has 3 nitrogen and oxygen atoms in total. The van der Waals surface area contributed by atoms with Gasteiger partial charge in [0.2, 0.25) is 0 Å². The van der Waals surface area contributed by atoms with Crippen LogP contribution in [0, 0.1) is 13.8 Å². The first-order valence-corrected chi connectivity index (χ1v) is 6.69. The van der Waals surface area contributed by atoms with E-state index in [1.807, 2.05) is 6.07 Å².